The summed E-state index contributed by atoms with van der Waals surface area (Å²) in [4.78, 5) is 50.9. The molecule has 0 aliphatic carbocycles. The number of carbonyl (C=O) groups is 3. The van der Waals surface area contributed by atoms with Gasteiger partial charge in [-0.2, -0.15) is 0 Å². The van der Waals surface area contributed by atoms with Crippen LogP contribution < -0.4 is 9.80 Å². The summed E-state index contributed by atoms with van der Waals surface area (Å²) in [5.74, 6) is -1.34. The third-order valence-electron chi connectivity index (χ3n) is 9.31. The van der Waals surface area contributed by atoms with Gasteiger partial charge in [0, 0.05) is 49.3 Å². The van der Waals surface area contributed by atoms with Crippen molar-refractivity contribution < 1.29 is 19.5 Å². The van der Waals surface area contributed by atoms with E-state index in [0.29, 0.717) is 26.1 Å². The van der Waals surface area contributed by atoms with E-state index in [4.69, 9.17) is 0 Å². The van der Waals surface area contributed by atoms with Crippen LogP contribution in [0.15, 0.2) is 48.6 Å². The van der Waals surface area contributed by atoms with Crippen molar-refractivity contribution in [3.8, 4) is 0 Å². The second-order valence-corrected chi connectivity index (χ2v) is 13.8. The van der Waals surface area contributed by atoms with E-state index in [1.165, 1.54) is 0 Å². The van der Waals surface area contributed by atoms with Gasteiger partial charge >= 0.3 is 0 Å². The number of aliphatic hydroxyl groups is 1. The molecule has 1 spiro atoms. The number of amides is 3. The number of aliphatic hydroxyl groups excluding tert-OH is 1. The zero-order valence-electron chi connectivity index (χ0n) is 25.6. The van der Waals surface area contributed by atoms with Crippen molar-refractivity contribution in [2.24, 2.45) is 17.8 Å². The molecule has 42 heavy (non-hydrogen) atoms. The minimum Gasteiger partial charge on any atom is -0.394 e. The molecule has 5 rings (SSSR count). The van der Waals surface area contributed by atoms with E-state index in [2.05, 4.69) is 51.7 Å². The molecule has 2 fully saturated rings. The van der Waals surface area contributed by atoms with Crippen molar-refractivity contribution in [3.63, 3.8) is 0 Å². The molecule has 6 atom stereocenters. The highest BCUT2D eigenvalue weighted by Crippen LogP contribution is 2.61. The lowest BCUT2D eigenvalue weighted by molar-refractivity contribution is -0.144. The van der Waals surface area contributed by atoms with Crippen LogP contribution in [0.4, 0.5) is 11.4 Å². The number of hydrogen-bond acceptors (Lipinski definition) is 6. The zero-order chi connectivity index (χ0) is 30.2. The molecule has 3 amide bonds. The topological polar surface area (TPSA) is 84.4 Å². The third-order valence-corrected chi connectivity index (χ3v) is 11.1. The Balaban J connectivity index is 1.59. The fourth-order valence-electron chi connectivity index (χ4n) is 7.48. The van der Waals surface area contributed by atoms with Crippen molar-refractivity contribution in [2.75, 3.05) is 49.1 Å². The summed E-state index contributed by atoms with van der Waals surface area (Å²) < 4.78 is -0.890. The number of likely N-dealkylation sites (tertiary alicyclic amines) is 1. The Hall–Kier alpha value is -2.78. The molecule has 4 heterocycles. The maximum atomic E-state index is 14.8. The predicted molar refractivity (Wildman–Crippen MR) is 170 cm³/mol. The average Bonchev–Trinajstić information content (AvgIpc) is 3.30. The Morgan fingerprint density at radius 2 is 1.71 bits per heavy atom. The van der Waals surface area contributed by atoms with Gasteiger partial charge in [0.25, 0.3) is 5.91 Å². The molecule has 1 aromatic carbocycles. The zero-order valence-corrected chi connectivity index (χ0v) is 26.4. The van der Waals surface area contributed by atoms with Crippen molar-refractivity contribution >= 4 is 40.9 Å². The first-order chi connectivity index (χ1) is 20.2. The minimum atomic E-state index is -0.890. The van der Waals surface area contributed by atoms with Crippen LogP contribution in [0.3, 0.4) is 0 Å². The maximum Gasteiger partial charge on any atom is 0.251 e. The maximum absolute atomic E-state index is 14.8. The van der Waals surface area contributed by atoms with Gasteiger partial charge in [0.15, 0.2) is 0 Å². The van der Waals surface area contributed by atoms with Crippen LogP contribution in [0.1, 0.15) is 47.5 Å². The summed E-state index contributed by atoms with van der Waals surface area (Å²) in [6, 6.07) is 6.73. The molecule has 1 N–H and O–H groups in total. The van der Waals surface area contributed by atoms with Gasteiger partial charge in [0.1, 0.15) is 6.04 Å². The molecule has 8 nitrogen and oxygen atoms in total. The smallest absolute Gasteiger partial charge is 0.251 e. The molecule has 1 aromatic rings. The van der Waals surface area contributed by atoms with E-state index in [-0.39, 0.29) is 35.5 Å². The molecule has 0 aromatic heterocycles. The average molecular weight is 595 g/mol. The number of anilines is 2. The van der Waals surface area contributed by atoms with Crippen LogP contribution in [0.25, 0.3) is 0 Å². The SMILES string of the molecule is CCCN1CC=C[C@H]2S[C@]34C=CCN(c5ccc(N(CC)CC)cc5)C(=O)C3N([C@@H](CO)CC(C)C)C(=O)[C@@H]4[C@H]2C1=O. The summed E-state index contributed by atoms with van der Waals surface area (Å²) in [6.45, 7) is 13.5. The first kappa shape index (κ1) is 30.7. The number of benzene rings is 1. The molecule has 0 bridgehead atoms. The van der Waals surface area contributed by atoms with E-state index >= 15 is 0 Å². The van der Waals surface area contributed by atoms with Crippen LogP contribution in [-0.2, 0) is 14.4 Å². The van der Waals surface area contributed by atoms with Crippen LogP contribution >= 0.6 is 11.8 Å². The molecule has 1 unspecified atom stereocenters. The monoisotopic (exact) mass is 594 g/mol. The molecule has 4 aliphatic rings. The van der Waals surface area contributed by atoms with Gasteiger partial charge in [-0.05, 0) is 56.9 Å². The number of carbonyl (C=O) groups excluding carboxylic acids is 3. The Labute approximate surface area is 254 Å². The second-order valence-electron chi connectivity index (χ2n) is 12.3. The summed E-state index contributed by atoms with van der Waals surface area (Å²) in [5, 5.41) is 10.4. The summed E-state index contributed by atoms with van der Waals surface area (Å²) in [7, 11) is 0. The Morgan fingerprint density at radius 3 is 2.33 bits per heavy atom. The van der Waals surface area contributed by atoms with E-state index in [1.54, 1.807) is 21.6 Å². The van der Waals surface area contributed by atoms with E-state index in [9.17, 15) is 19.5 Å². The van der Waals surface area contributed by atoms with Gasteiger partial charge in [0.2, 0.25) is 11.8 Å². The van der Waals surface area contributed by atoms with Crippen LogP contribution in [-0.4, -0.2) is 94.0 Å². The highest BCUT2D eigenvalue weighted by atomic mass is 32.2. The third kappa shape index (κ3) is 5.06. The number of fused-ring (bicyclic) bond motifs is 2. The molecular weight excluding hydrogens is 548 g/mol. The molecular formula is C33H46N4O4S. The second kappa shape index (κ2) is 12.4. The number of nitrogens with zero attached hydrogens (tertiary/aromatic N) is 4. The van der Waals surface area contributed by atoms with Crippen LogP contribution in [0.5, 0.6) is 0 Å². The summed E-state index contributed by atoms with van der Waals surface area (Å²) >= 11 is 1.60. The summed E-state index contributed by atoms with van der Waals surface area (Å²) in [5.41, 5.74) is 1.88. The quantitative estimate of drug-likeness (QED) is 0.413. The van der Waals surface area contributed by atoms with Crippen molar-refractivity contribution in [2.45, 2.75) is 69.5 Å². The van der Waals surface area contributed by atoms with Crippen LogP contribution in [0, 0.1) is 17.8 Å². The molecule has 228 valence electrons. The fourth-order valence-corrected chi connectivity index (χ4v) is 9.47. The highest BCUT2D eigenvalue weighted by molar-refractivity contribution is 8.02. The molecule has 0 radical (unpaired) electrons. The van der Waals surface area contributed by atoms with E-state index in [0.717, 1.165) is 30.9 Å². The van der Waals surface area contributed by atoms with Gasteiger partial charge in [-0.15, -0.1) is 11.8 Å². The Morgan fingerprint density at radius 1 is 1.00 bits per heavy atom. The Bertz CT molecular complexity index is 1230. The van der Waals surface area contributed by atoms with Crippen LogP contribution in [0.2, 0.25) is 0 Å². The molecule has 2 saturated heterocycles. The molecule has 0 saturated carbocycles. The fraction of sp³-hybridized carbons (Fsp3) is 0.606. The molecule has 4 aliphatic heterocycles. The lowest BCUT2D eigenvalue weighted by atomic mass is 9.78. The lowest BCUT2D eigenvalue weighted by Crippen LogP contribution is -2.57. The van der Waals surface area contributed by atoms with Gasteiger partial charge in [-0.1, -0.05) is 45.1 Å². The number of thioether (sulfide) groups is 1. The predicted octanol–water partition coefficient (Wildman–Crippen LogP) is 3.95. The minimum absolute atomic E-state index is 0.00599. The van der Waals surface area contributed by atoms with Gasteiger partial charge < -0.3 is 24.7 Å². The van der Waals surface area contributed by atoms with Gasteiger partial charge in [-0.25, -0.2) is 0 Å². The van der Waals surface area contributed by atoms with Crippen molar-refractivity contribution in [1.82, 2.24) is 9.80 Å². The largest absolute Gasteiger partial charge is 0.394 e. The molecule has 9 heteroatoms. The number of rotatable bonds is 10. The first-order valence-corrected chi connectivity index (χ1v) is 16.5. The summed E-state index contributed by atoms with van der Waals surface area (Å²) in [6.07, 6.45) is 9.59. The van der Waals surface area contributed by atoms with Gasteiger partial charge in [-0.3, -0.25) is 14.4 Å². The highest BCUT2D eigenvalue weighted by Gasteiger charge is 2.71. The van der Waals surface area contributed by atoms with E-state index in [1.807, 2.05) is 41.3 Å². The standard InChI is InChI=1S/C33H46N4O4S/c1-6-17-35-18-9-11-26-27(30(35)39)28-31(40)37(25(21-38)20-22(4)5)29-32(41)36(19-10-16-33(28,29)42-26)24-14-12-23(13-15-24)34(7-2)8-3/h9-16,22,25-29,38H,6-8,17-21H2,1-5H3/t25-,26-,27+,28+,29?,33+/m1/s1. The number of hydrogen-bond donors (Lipinski definition) is 1. The van der Waals surface area contributed by atoms with Crippen molar-refractivity contribution in [3.05, 3.63) is 48.6 Å². The van der Waals surface area contributed by atoms with Gasteiger partial charge in [0.05, 0.1) is 29.2 Å². The Kier molecular flexibility index (Phi) is 9.09. The normalized spacial score (nSPS) is 29.5. The lowest BCUT2D eigenvalue weighted by Gasteiger charge is -2.39. The first-order valence-electron chi connectivity index (χ1n) is 15.6. The van der Waals surface area contributed by atoms with E-state index < -0.39 is 28.7 Å². The van der Waals surface area contributed by atoms with Crippen molar-refractivity contribution in [1.29, 1.82) is 0 Å².